The van der Waals surface area contributed by atoms with Crippen molar-refractivity contribution in [2.75, 3.05) is 18.5 Å². The standard InChI is InChI=1S/C15H19N3O2/c1-2-8-19-10-14-17-15(20-18-14)12-5-6-13-11(9-12)4-3-7-16-13/h5-6,9,16H,2-4,7-8,10H2,1H3. The Bertz CT molecular complexity index is 580. The Morgan fingerprint density at radius 1 is 1.40 bits per heavy atom. The second-order valence-corrected chi connectivity index (χ2v) is 4.97. The second kappa shape index (κ2) is 6.05. The quantitative estimate of drug-likeness (QED) is 0.848. The van der Waals surface area contributed by atoms with E-state index in [0.717, 1.165) is 31.4 Å². The zero-order chi connectivity index (χ0) is 13.8. The maximum Gasteiger partial charge on any atom is 0.258 e. The lowest BCUT2D eigenvalue weighted by atomic mass is 10.0. The van der Waals surface area contributed by atoms with Gasteiger partial charge in [-0.3, -0.25) is 0 Å². The predicted molar refractivity (Wildman–Crippen MR) is 76.5 cm³/mol. The van der Waals surface area contributed by atoms with Crippen molar-refractivity contribution >= 4 is 5.69 Å². The van der Waals surface area contributed by atoms with Gasteiger partial charge < -0.3 is 14.6 Å². The van der Waals surface area contributed by atoms with Crippen LogP contribution >= 0.6 is 0 Å². The molecule has 2 heterocycles. The van der Waals surface area contributed by atoms with E-state index < -0.39 is 0 Å². The molecule has 2 aromatic rings. The molecule has 1 aliphatic heterocycles. The lowest BCUT2D eigenvalue weighted by molar-refractivity contribution is 0.114. The zero-order valence-electron chi connectivity index (χ0n) is 11.7. The summed E-state index contributed by atoms with van der Waals surface area (Å²) in [6.07, 6.45) is 3.25. The molecule has 0 bridgehead atoms. The summed E-state index contributed by atoms with van der Waals surface area (Å²) in [4.78, 5) is 4.38. The highest BCUT2D eigenvalue weighted by Crippen LogP contribution is 2.27. The molecular weight excluding hydrogens is 254 g/mol. The van der Waals surface area contributed by atoms with Gasteiger partial charge in [0, 0.05) is 24.4 Å². The fourth-order valence-corrected chi connectivity index (χ4v) is 2.35. The number of nitrogens with one attached hydrogen (secondary N) is 1. The number of benzene rings is 1. The third-order valence-electron chi connectivity index (χ3n) is 3.34. The fourth-order valence-electron chi connectivity index (χ4n) is 2.35. The van der Waals surface area contributed by atoms with Crippen LogP contribution in [0, 0.1) is 0 Å². The van der Waals surface area contributed by atoms with Gasteiger partial charge in [0.2, 0.25) is 0 Å². The van der Waals surface area contributed by atoms with Crippen LogP contribution in [0.5, 0.6) is 0 Å². The molecule has 5 nitrogen and oxygen atoms in total. The summed E-state index contributed by atoms with van der Waals surface area (Å²) in [5.74, 6) is 1.16. The minimum atomic E-state index is 0.407. The maximum atomic E-state index is 5.41. The van der Waals surface area contributed by atoms with Crippen molar-refractivity contribution in [1.29, 1.82) is 0 Å². The fraction of sp³-hybridized carbons (Fsp3) is 0.467. The summed E-state index contributed by atoms with van der Waals surface area (Å²) in [6.45, 7) is 4.24. The molecule has 1 aromatic carbocycles. The minimum Gasteiger partial charge on any atom is -0.385 e. The van der Waals surface area contributed by atoms with Crippen molar-refractivity contribution in [3.63, 3.8) is 0 Å². The summed E-state index contributed by atoms with van der Waals surface area (Å²) in [7, 11) is 0. The third-order valence-corrected chi connectivity index (χ3v) is 3.34. The predicted octanol–water partition coefficient (Wildman–Crippen LogP) is 3.02. The highest BCUT2D eigenvalue weighted by atomic mass is 16.5. The highest BCUT2D eigenvalue weighted by molar-refractivity contribution is 5.63. The van der Waals surface area contributed by atoms with Gasteiger partial charge >= 0.3 is 0 Å². The van der Waals surface area contributed by atoms with Gasteiger partial charge in [0.15, 0.2) is 5.82 Å². The summed E-state index contributed by atoms with van der Waals surface area (Å²) in [5, 5.41) is 7.34. The lowest BCUT2D eigenvalue weighted by Crippen LogP contribution is -2.11. The molecule has 0 fully saturated rings. The van der Waals surface area contributed by atoms with Crippen molar-refractivity contribution in [1.82, 2.24) is 10.1 Å². The van der Waals surface area contributed by atoms with Gasteiger partial charge in [0.05, 0.1) is 0 Å². The number of aryl methyl sites for hydroxylation is 1. The van der Waals surface area contributed by atoms with Crippen molar-refractivity contribution in [2.45, 2.75) is 32.8 Å². The number of anilines is 1. The molecule has 20 heavy (non-hydrogen) atoms. The van der Waals surface area contributed by atoms with Gasteiger partial charge in [-0.15, -0.1) is 0 Å². The molecule has 1 N–H and O–H groups in total. The number of rotatable bonds is 5. The molecule has 1 aromatic heterocycles. The summed E-state index contributed by atoms with van der Waals surface area (Å²) in [5.41, 5.74) is 3.50. The Morgan fingerprint density at radius 2 is 2.35 bits per heavy atom. The molecule has 106 valence electrons. The van der Waals surface area contributed by atoms with E-state index in [1.165, 1.54) is 11.3 Å². The molecule has 0 saturated carbocycles. The van der Waals surface area contributed by atoms with Crippen LogP contribution in [-0.4, -0.2) is 23.3 Å². The van der Waals surface area contributed by atoms with E-state index in [4.69, 9.17) is 9.26 Å². The lowest BCUT2D eigenvalue weighted by Gasteiger charge is -2.17. The maximum absolute atomic E-state index is 5.41. The van der Waals surface area contributed by atoms with E-state index in [-0.39, 0.29) is 0 Å². The number of aromatic nitrogens is 2. The number of nitrogens with zero attached hydrogens (tertiary/aromatic N) is 2. The number of hydrogen-bond donors (Lipinski definition) is 1. The normalized spacial score (nSPS) is 13.8. The first-order valence-electron chi connectivity index (χ1n) is 7.14. The van der Waals surface area contributed by atoms with Gasteiger partial charge in [-0.1, -0.05) is 12.1 Å². The average Bonchev–Trinajstić information content (AvgIpc) is 2.96. The topological polar surface area (TPSA) is 60.2 Å². The van der Waals surface area contributed by atoms with E-state index in [2.05, 4.69) is 34.5 Å². The Hall–Kier alpha value is -1.88. The van der Waals surface area contributed by atoms with Gasteiger partial charge in [-0.05, 0) is 43.0 Å². The van der Waals surface area contributed by atoms with Crippen LogP contribution in [0.15, 0.2) is 22.7 Å². The SMILES string of the molecule is CCCOCc1noc(-c2ccc3c(c2)CCCN3)n1. The molecule has 0 spiro atoms. The molecule has 1 aliphatic rings. The average molecular weight is 273 g/mol. The van der Waals surface area contributed by atoms with Crippen LogP contribution < -0.4 is 5.32 Å². The van der Waals surface area contributed by atoms with E-state index in [9.17, 15) is 0 Å². The molecule has 0 amide bonds. The number of fused-ring (bicyclic) bond motifs is 1. The Balaban J connectivity index is 1.75. The van der Waals surface area contributed by atoms with E-state index in [1.807, 2.05) is 6.07 Å². The second-order valence-electron chi connectivity index (χ2n) is 4.97. The summed E-state index contributed by atoms with van der Waals surface area (Å²) in [6, 6.07) is 6.23. The number of ether oxygens (including phenoxy) is 1. The monoisotopic (exact) mass is 273 g/mol. The summed E-state index contributed by atoms with van der Waals surface area (Å²) < 4.78 is 10.7. The Kier molecular flexibility index (Phi) is 3.97. The van der Waals surface area contributed by atoms with E-state index in [1.54, 1.807) is 0 Å². The van der Waals surface area contributed by atoms with E-state index in [0.29, 0.717) is 24.9 Å². The highest BCUT2D eigenvalue weighted by Gasteiger charge is 2.13. The van der Waals surface area contributed by atoms with Crippen molar-refractivity contribution in [2.24, 2.45) is 0 Å². The molecule has 0 atom stereocenters. The molecule has 5 heteroatoms. The molecule has 0 saturated heterocycles. The largest absolute Gasteiger partial charge is 0.385 e. The van der Waals surface area contributed by atoms with Crippen LogP contribution in [0.4, 0.5) is 5.69 Å². The zero-order valence-corrected chi connectivity index (χ0v) is 11.7. The van der Waals surface area contributed by atoms with Gasteiger partial charge in [-0.25, -0.2) is 0 Å². The van der Waals surface area contributed by atoms with Crippen LogP contribution in [0.1, 0.15) is 31.2 Å². The van der Waals surface area contributed by atoms with Crippen molar-refractivity contribution < 1.29 is 9.26 Å². The minimum absolute atomic E-state index is 0.407. The van der Waals surface area contributed by atoms with E-state index >= 15 is 0 Å². The van der Waals surface area contributed by atoms with Gasteiger partial charge in [0.1, 0.15) is 6.61 Å². The van der Waals surface area contributed by atoms with Gasteiger partial charge in [0.25, 0.3) is 5.89 Å². The summed E-state index contributed by atoms with van der Waals surface area (Å²) >= 11 is 0. The van der Waals surface area contributed by atoms with Gasteiger partial charge in [-0.2, -0.15) is 4.98 Å². The first-order chi connectivity index (χ1) is 9.86. The van der Waals surface area contributed by atoms with Crippen LogP contribution in [-0.2, 0) is 17.8 Å². The Labute approximate surface area is 118 Å². The molecular formula is C15H19N3O2. The van der Waals surface area contributed by atoms with Crippen molar-refractivity contribution in [3.8, 4) is 11.5 Å². The van der Waals surface area contributed by atoms with Crippen molar-refractivity contribution in [3.05, 3.63) is 29.6 Å². The molecule has 0 radical (unpaired) electrons. The first kappa shape index (κ1) is 13.1. The van der Waals surface area contributed by atoms with Crippen LogP contribution in [0.25, 0.3) is 11.5 Å². The van der Waals surface area contributed by atoms with Crippen LogP contribution in [0.2, 0.25) is 0 Å². The smallest absolute Gasteiger partial charge is 0.258 e. The molecule has 0 aliphatic carbocycles. The first-order valence-corrected chi connectivity index (χ1v) is 7.14. The Morgan fingerprint density at radius 3 is 3.25 bits per heavy atom. The third kappa shape index (κ3) is 2.82. The molecule has 3 rings (SSSR count). The van der Waals surface area contributed by atoms with Crippen LogP contribution in [0.3, 0.4) is 0 Å². The molecule has 0 unspecified atom stereocenters. The number of hydrogen-bond acceptors (Lipinski definition) is 5.